The molecule has 0 aromatic carbocycles. The minimum Gasteiger partial charge on any atom is -0.478 e. The molecule has 0 aromatic heterocycles. The molecule has 43 heavy (non-hydrogen) atoms. The van der Waals surface area contributed by atoms with Crippen LogP contribution in [-0.2, 0) is 9.53 Å². The fraction of sp³-hybridized carbons (Fsp3) is 0.485. The third-order valence-corrected chi connectivity index (χ3v) is 7.00. The smallest absolute Gasteiger partial charge is 0.215 e. The summed E-state index contributed by atoms with van der Waals surface area (Å²) in [6.45, 7) is 13.5. The van der Waals surface area contributed by atoms with Gasteiger partial charge in [0.25, 0.3) is 0 Å². The Labute approximate surface area is 257 Å². The predicted octanol–water partition coefficient (Wildman–Crippen LogP) is 6.08. The number of hydrogen-bond donors (Lipinski definition) is 0. The molecule has 2 fully saturated rings. The molecular formula is C33H48FN7O2. The molecule has 4 rings (SSSR count). The second-order valence-electron chi connectivity index (χ2n) is 9.82. The lowest BCUT2D eigenvalue weighted by molar-refractivity contribution is -0.107. The van der Waals surface area contributed by atoms with Gasteiger partial charge < -0.3 is 14.4 Å². The lowest BCUT2D eigenvalue weighted by Crippen LogP contribution is -2.35. The van der Waals surface area contributed by atoms with Crippen molar-refractivity contribution in [1.82, 2.24) is 14.9 Å². The third kappa shape index (κ3) is 11.7. The van der Waals surface area contributed by atoms with Gasteiger partial charge in [0, 0.05) is 49.9 Å². The maximum absolute atomic E-state index is 12.1. The number of halogens is 1. The highest BCUT2D eigenvalue weighted by Gasteiger charge is 2.24. The van der Waals surface area contributed by atoms with Crippen LogP contribution in [0, 0.1) is 5.92 Å². The van der Waals surface area contributed by atoms with Crippen molar-refractivity contribution in [2.75, 3.05) is 39.8 Å². The Morgan fingerprint density at radius 3 is 2.72 bits per heavy atom. The molecular weight excluding hydrogens is 545 g/mol. The van der Waals surface area contributed by atoms with Crippen LogP contribution in [0.15, 0.2) is 92.4 Å². The van der Waals surface area contributed by atoms with E-state index < -0.39 is 0 Å². The normalized spacial score (nSPS) is 23.6. The summed E-state index contributed by atoms with van der Waals surface area (Å²) in [4.78, 5) is 22.2. The van der Waals surface area contributed by atoms with E-state index in [0.717, 1.165) is 49.2 Å². The molecule has 2 atom stereocenters. The fourth-order valence-corrected chi connectivity index (χ4v) is 4.83. The zero-order valence-electron chi connectivity index (χ0n) is 26.2. The first-order valence-corrected chi connectivity index (χ1v) is 15.2. The minimum absolute atomic E-state index is 0.00467. The Morgan fingerprint density at radius 2 is 2.07 bits per heavy atom. The van der Waals surface area contributed by atoms with Crippen molar-refractivity contribution in [2.24, 2.45) is 26.1 Å². The van der Waals surface area contributed by atoms with Gasteiger partial charge in [-0.2, -0.15) is 10.2 Å². The first-order valence-electron chi connectivity index (χ1n) is 15.2. The Hall–Kier alpha value is -3.92. The highest BCUT2D eigenvalue weighted by Crippen LogP contribution is 2.22. The number of hydrogen-bond acceptors (Lipinski definition) is 9. The SMILES string of the molecule is C=NN1CCCCO/C1=C(/CC=O)C1=NCC=CC=C1.CC.CC=N/C(=C\C=C\F)C1C=CN(C[C@@H]2CCCN2C)N=C1. The number of likely N-dealkylation sites (tertiary alicyclic amines) is 1. The summed E-state index contributed by atoms with van der Waals surface area (Å²) in [6.07, 6.45) is 24.4. The third-order valence-electron chi connectivity index (χ3n) is 7.00. The summed E-state index contributed by atoms with van der Waals surface area (Å²) in [6, 6.07) is 0.571. The van der Waals surface area contributed by atoms with E-state index in [1.54, 1.807) is 17.3 Å². The second-order valence-corrected chi connectivity index (χ2v) is 9.82. The zero-order chi connectivity index (χ0) is 31.3. The van der Waals surface area contributed by atoms with Gasteiger partial charge in [-0.1, -0.05) is 38.2 Å². The molecule has 10 heteroatoms. The number of aliphatic imine (C=N–C) groups is 2. The Balaban J connectivity index is 0.000000284. The number of carbonyl (C=O) groups excluding carboxylic acids is 1. The maximum Gasteiger partial charge on any atom is 0.215 e. The molecule has 0 amide bonds. The maximum atomic E-state index is 12.1. The van der Waals surface area contributed by atoms with Crippen LogP contribution in [0.2, 0.25) is 0 Å². The number of aldehydes is 1. The monoisotopic (exact) mass is 593 g/mol. The minimum atomic E-state index is -0.00467. The van der Waals surface area contributed by atoms with Gasteiger partial charge in [0.15, 0.2) is 0 Å². The number of carbonyl (C=O) groups is 1. The van der Waals surface area contributed by atoms with Gasteiger partial charge >= 0.3 is 0 Å². The molecule has 0 saturated carbocycles. The van der Waals surface area contributed by atoms with E-state index in [2.05, 4.69) is 38.9 Å². The molecule has 0 aliphatic carbocycles. The van der Waals surface area contributed by atoms with Crippen LogP contribution in [0.25, 0.3) is 0 Å². The molecule has 4 heterocycles. The van der Waals surface area contributed by atoms with Crippen molar-refractivity contribution >= 4 is 31.1 Å². The molecule has 0 spiro atoms. The van der Waals surface area contributed by atoms with Gasteiger partial charge in [-0.3, -0.25) is 15.0 Å². The lowest BCUT2D eigenvalue weighted by Gasteiger charge is -2.26. The van der Waals surface area contributed by atoms with Gasteiger partial charge in [0.1, 0.15) is 6.29 Å². The van der Waals surface area contributed by atoms with Crippen molar-refractivity contribution in [3.8, 4) is 0 Å². The second kappa shape index (κ2) is 20.9. The Bertz CT molecular complexity index is 1140. The Morgan fingerprint density at radius 1 is 1.23 bits per heavy atom. The van der Waals surface area contributed by atoms with E-state index in [1.807, 2.05) is 68.6 Å². The number of allylic oxidation sites excluding steroid dienone is 7. The van der Waals surface area contributed by atoms with E-state index >= 15 is 0 Å². The standard InChI is InChI=1S/C16H23FN4.C15H19N3O2.C2H6/c1-3-18-16(7-4-9-17)14-8-11-21(19-12-14)13-15-6-5-10-20(15)2;1-16-18-10-5-6-12-20-15(18)13(8-11-19)14-7-3-2-4-9-17-14;1-2/h3-4,7-9,11-12,14-15H,5-6,10,13H2,1-2H3;2-4,7,11H,1,5-6,8-10,12H2;1-2H3/b9-4+,16-7-,18-3?;15-13-;/t14?,15-;;/m0../s1. The van der Waals surface area contributed by atoms with Gasteiger partial charge in [-0.15, -0.1) is 0 Å². The number of rotatable bonds is 9. The van der Waals surface area contributed by atoms with Gasteiger partial charge in [-0.05, 0) is 64.4 Å². The van der Waals surface area contributed by atoms with E-state index in [0.29, 0.717) is 31.4 Å². The van der Waals surface area contributed by atoms with E-state index in [9.17, 15) is 9.18 Å². The number of ether oxygens (including phenoxy) is 1. The zero-order valence-corrected chi connectivity index (χ0v) is 26.2. The van der Waals surface area contributed by atoms with Crippen LogP contribution in [0.4, 0.5) is 4.39 Å². The molecule has 4 aliphatic rings. The molecule has 1 unspecified atom stereocenters. The van der Waals surface area contributed by atoms with Crippen LogP contribution < -0.4 is 0 Å². The molecule has 0 N–H and O–H groups in total. The molecule has 0 radical (unpaired) electrons. The summed E-state index contributed by atoms with van der Waals surface area (Å²) >= 11 is 0. The molecule has 0 bridgehead atoms. The summed E-state index contributed by atoms with van der Waals surface area (Å²) in [5.74, 6) is 0.602. The first kappa shape index (κ1) is 35.3. The molecule has 4 aliphatic heterocycles. The van der Waals surface area contributed by atoms with Crippen LogP contribution >= 0.6 is 0 Å². The fourth-order valence-electron chi connectivity index (χ4n) is 4.83. The molecule has 0 aromatic rings. The van der Waals surface area contributed by atoms with Gasteiger partial charge in [-0.25, -0.2) is 9.40 Å². The first-order chi connectivity index (χ1) is 21.1. The van der Waals surface area contributed by atoms with Crippen molar-refractivity contribution in [3.05, 3.63) is 72.2 Å². The highest BCUT2D eigenvalue weighted by atomic mass is 19.1. The van der Waals surface area contributed by atoms with Crippen molar-refractivity contribution in [2.45, 2.75) is 58.9 Å². The highest BCUT2D eigenvalue weighted by molar-refractivity contribution is 6.10. The lowest BCUT2D eigenvalue weighted by atomic mass is 10.1. The quantitative estimate of drug-likeness (QED) is 0.184. The largest absolute Gasteiger partial charge is 0.478 e. The van der Waals surface area contributed by atoms with E-state index in [-0.39, 0.29) is 12.3 Å². The predicted molar refractivity (Wildman–Crippen MR) is 177 cm³/mol. The number of likely N-dealkylation sites (N-methyl/N-ethyl adjacent to an activating group) is 1. The number of hydrazone groups is 2. The summed E-state index contributed by atoms with van der Waals surface area (Å²) in [7, 11) is 2.16. The van der Waals surface area contributed by atoms with Crippen molar-refractivity contribution < 1.29 is 13.9 Å². The van der Waals surface area contributed by atoms with E-state index in [1.165, 1.54) is 25.5 Å². The van der Waals surface area contributed by atoms with Gasteiger partial charge in [0.2, 0.25) is 5.88 Å². The topological polar surface area (TPSA) is 85.5 Å². The van der Waals surface area contributed by atoms with E-state index in [4.69, 9.17) is 4.74 Å². The average molecular weight is 594 g/mol. The van der Waals surface area contributed by atoms with Gasteiger partial charge in [0.05, 0.1) is 43.4 Å². The van der Waals surface area contributed by atoms with Crippen LogP contribution in [-0.4, -0.2) is 91.9 Å². The molecule has 2 saturated heterocycles. The number of nitrogens with zero attached hydrogens (tertiary/aromatic N) is 7. The summed E-state index contributed by atoms with van der Waals surface area (Å²) < 4.78 is 17.9. The summed E-state index contributed by atoms with van der Waals surface area (Å²) in [5.41, 5.74) is 2.32. The van der Waals surface area contributed by atoms with Crippen molar-refractivity contribution in [1.29, 1.82) is 0 Å². The molecule has 9 nitrogen and oxygen atoms in total. The van der Waals surface area contributed by atoms with Crippen molar-refractivity contribution in [3.63, 3.8) is 0 Å². The average Bonchev–Trinajstić information content (AvgIpc) is 3.23. The molecule has 234 valence electrons. The van der Waals surface area contributed by atoms with Crippen LogP contribution in [0.1, 0.15) is 52.9 Å². The van der Waals surface area contributed by atoms with Crippen LogP contribution in [0.3, 0.4) is 0 Å². The Kier molecular flexibility index (Phi) is 17.1. The summed E-state index contributed by atoms with van der Waals surface area (Å²) in [5, 5.41) is 12.2. The van der Waals surface area contributed by atoms with Crippen LogP contribution in [0.5, 0.6) is 0 Å².